The van der Waals surface area contributed by atoms with Crippen molar-refractivity contribution in [2.24, 2.45) is 0 Å². The molecule has 0 unspecified atom stereocenters. The van der Waals surface area contributed by atoms with Gasteiger partial charge in [-0.05, 0) is 46.7 Å². The summed E-state index contributed by atoms with van der Waals surface area (Å²) in [5.41, 5.74) is 0.764. The lowest BCUT2D eigenvalue weighted by Crippen LogP contribution is -2.29. The Hall–Kier alpha value is -3.29. The van der Waals surface area contributed by atoms with E-state index in [-0.39, 0.29) is 18.2 Å². The maximum atomic E-state index is 14.1. The van der Waals surface area contributed by atoms with Crippen molar-refractivity contribution < 1.29 is 13.9 Å². The summed E-state index contributed by atoms with van der Waals surface area (Å²) in [6.45, 7) is 0.435. The van der Waals surface area contributed by atoms with Crippen molar-refractivity contribution >= 4 is 5.91 Å². The zero-order valence-electron chi connectivity index (χ0n) is 13.3. The van der Waals surface area contributed by atoms with Crippen LogP contribution in [-0.2, 0) is 17.8 Å². The summed E-state index contributed by atoms with van der Waals surface area (Å²) in [6, 6.07) is 13.8. The number of amides is 1. The first-order valence-electron chi connectivity index (χ1n) is 7.69. The van der Waals surface area contributed by atoms with Crippen LogP contribution in [0.5, 0.6) is 11.5 Å². The molecule has 0 fully saturated rings. The van der Waals surface area contributed by atoms with Gasteiger partial charge in [-0.3, -0.25) is 4.79 Å². The number of ether oxygens (including phenoxy) is 1. The molecule has 1 aromatic heterocycles. The van der Waals surface area contributed by atoms with E-state index in [0.717, 1.165) is 5.56 Å². The van der Waals surface area contributed by atoms with Gasteiger partial charge in [0.05, 0.1) is 0 Å². The monoisotopic (exact) mass is 341 g/mol. The number of nitrogens with zero attached hydrogens (tertiary/aromatic N) is 4. The summed E-state index contributed by atoms with van der Waals surface area (Å²) < 4.78 is 21.0. The molecule has 1 heterocycles. The highest BCUT2D eigenvalue weighted by molar-refractivity contribution is 5.75. The van der Waals surface area contributed by atoms with E-state index in [1.165, 1.54) is 17.1 Å². The molecule has 0 aliphatic rings. The van der Waals surface area contributed by atoms with Crippen LogP contribution < -0.4 is 10.1 Å². The maximum Gasteiger partial charge on any atom is 0.241 e. The quantitative estimate of drug-likeness (QED) is 0.710. The fourth-order valence-electron chi connectivity index (χ4n) is 2.20. The van der Waals surface area contributed by atoms with Crippen molar-refractivity contribution in [2.45, 2.75) is 13.0 Å². The molecule has 0 atom stereocenters. The zero-order valence-corrected chi connectivity index (χ0v) is 13.3. The van der Waals surface area contributed by atoms with Crippen LogP contribution in [0.25, 0.3) is 0 Å². The second kappa shape index (κ2) is 8.00. The summed E-state index contributed by atoms with van der Waals surface area (Å²) in [7, 11) is 0. The standard InChI is InChI=1S/C17H16FN5O2/c18-15-10-13(6-7-16(15)25-14-4-2-1-3-5-14)8-9-19-17(24)11-23-12-20-21-22-23/h1-7,10,12H,8-9,11H2,(H,19,24). The van der Waals surface area contributed by atoms with Gasteiger partial charge in [-0.15, -0.1) is 5.10 Å². The van der Waals surface area contributed by atoms with Crippen molar-refractivity contribution in [3.63, 3.8) is 0 Å². The van der Waals surface area contributed by atoms with Crippen molar-refractivity contribution in [1.29, 1.82) is 0 Å². The first-order valence-corrected chi connectivity index (χ1v) is 7.69. The molecule has 2 aromatic carbocycles. The SMILES string of the molecule is O=C(Cn1cnnn1)NCCc1ccc(Oc2ccccc2)c(F)c1. The van der Waals surface area contributed by atoms with Crippen LogP contribution in [-0.4, -0.2) is 32.7 Å². The lowest BCUT2D eigenvalue weighted by atomic mass is 10.1. The third-order valence-electron chi connectivity index (χ3n) is 3.40. The third kappa shape index (κ3) is 4.84. The Balaban J connectivity index is 1.50. The van der Waals surface area contributed by atoms with Gasteiger partial charge in [0, 0.05) is 6.54 Å². The normalized spacial score (nSPS) is 10.4. The predicted octanol–water partition coefficient (Wildman–Crippen LogP) is 1.96. The number of halogens is 1. The molecular weight excluding hydrogens is 325 g/mol. The van der Waals surface area contributed by atoms with Gasteiger partial charge >= 0.3 is 0 Å². The highest BCUT2D eigenvalue weighted by Crippen LogP contribution is 2.24. The number of tetrazole rings is 1. The maximum absolute atomic E-state index is 14.1. The van der Waals surface area contributed by atoms with Crippen LogP contribution in [0.2, 0.25) is 0 Å². The third-order valence-corrected chi connectivity index (χ3v) is 3.40. The minimum absolute atomic E-state index is 0.0468. The van der Waals surface area contributed by atoms with E-state index in [4.69, 9.17) is 4.74 Å². The molecule has 1 N–H and O–H groups in total. The minimum Gasteiger partial charge on any atom is -0.454 e. The molecule has 0 aliphatic carbocycles. The zero-order chi connectivity index (χ0) is 17.5. The summed E-state index contributed by atoms with van der Waals surface area (Å²) >= 11 is 0. The largest absolute Gasteiger partial charge is 0.454 e. The average Bonchev–Trinajstić information content (AvgIpc) is 3.11. The molecule has 0 bridgehead atoms. The average molecular weight is 341 g/mol. The first kappa shape index (κ1) is 16.6. The Morgan fingerprint density at radius 2 is 2.04 bits per heavy atom. The van der Waals surface area contributed by atoms with E-state index in [1.807, 2.05) is 18.2 Å². The van der Waals surface area contributed by atoms with Crippen molar-refractivity contribution in [2.75, 3.05) is 6.54 Å². The molecule has 128 valence electrons. The Morgan fingerprint density at radius 3 is 2.76 bits per heavy atom. The Kier molecular flexibility index (Phi) is 5.30. The molecule has 7 nitrogen and oxygen atoms in total. The number of hydrogen-bond donors (Lipinski definition) is 1. The van der Waals surface area contributed by atoms with Crippen molar-refractivity contribution in [1.82, 2.24) is 25.5 Å². The molecule has 0 saturated heterocycles. The van der Waals surface area contributed by atoms with Crippen LogP contribution in [0.3, 0.4) is 0 Å². The van der Waals surface area contributed by atoms with E-state index < -0.39 is 5.82 Å². The van der Waals surface area contributed by atoms with Crippen molar-refractivity contribution in [3.8, 4) is 11.5 Å². The van der Waals surface area contributed by atoms with Gasteiger partial charge in [-0.1, -0.05) is 24.3 Å². The number of carbonyl (C=O) groups is 1. The number of para-hydroxylation sites is 1. The highest BCUT2D eigenvalue weighted by atomic mass is 19.1. The number of nitrogens with one attached hydrogen (secondary N) is 1. The molecular formula is C17H16FN5O2. The topological polar surface area (TPSA) is 81.9 Å². The Bertz CT molecular complexity index is 824. The van der Waals surface area contributed by atoms with E-state index in [9.17, 15) is 9.18 Å². The van der Waals surface area contributed by atoms with Gasteiger partial charge in [0.1, 0.15) is 18.6 Å². The van der Waals surface area contributed by atoms with E-state index in [0.29, 0.717) is 18.7 Å². The molecule has 3 rings (SSSR count). The molecule has 0 spiro atoms. The van der Waals surface area contributed by atoms with E-state index in [1.54, 1.807) is 24.3 Å². The van der Waals surface area contributed by atoms with E-state index in [2.05, 4.69) is 20.8 Å². The van der Waals surface area contributed by atoms with Gasteiger partial charge in [0.15, 0.2) is 11.6 Å². The fraction of sp³-hybridized carbons (Fsp3) is 0.176. The van der Waals surface area contributed by atoms with E-state index >= 15 is 0 Å². The summed E-state index contributed by atoms with van der Waals surface area (Å²) in [5.74, 6) is 0.0832. The van der Waals surface area contributed by atoms with Gasteiger partial charge < -0.3 is 10.1 Å². The second-order valence-electron chi connectivity index (χ2n) is 5.29. The number of rotatable bonds is 7. The minimum atomic E-state index is -0.443. The lowest BCUT2D eigenvalue weighted by Gasteiger charge is -2.09. The van der Waals surface area contributed by atoms with Crippen molar-refractivity contribution in [3.05, 3.63) is 66.2 Å². The highest BCUT2D eigenvalue weighted by Gasteiger charge is 2.07. The first-order chi connectivity index (χ1) is 12.2. The summed E-state index contributed by atoms with van der Waals surface area (Å²) in [5, 5.41) is 13.2. The summed E-state index contributed by atoms with van der Waals surface area (Å²) in [4.78, 5) is 11.7. The number of carbonyl (C=O) groups excluding carboxylic acids is 1. The predicted molar refractivity (Wildman–Crippen MR) is 87.4 cm³/mol. The number of benzene rings is 2. The van der Waals surface area contributed by atoms with Crippen LogP contribution >= 0.6 is 0 Å². The summed E-state index contributed by atoms with van der Waals surface area (Å²) in [6.07, 6.45) is 1.87. The Labute approximate surface area is 143 Å². The van der Waals surface area contributed by atoms with Crippen LogP contribution in [0, 0.1) is 5.82 Å². The fourth-order valence-corrected chi connectivity index (χ4v) is 2.20. The van der Waals surface area contributed by atoms with Crippen LogP contribution in [0.4, 0.5) is 4.39 Å². The smallest absolute Gasteiger partial charge is 0.241 e. The molecule has 0 saturated carbocycles. The molecule has 3 aromatic rings. The molecule has 25 heavy (non-hydrogen) atoms. The van der Waals surface area contributed by atoms with Crippen LogP contribution in [0.1, 0.15) is 5.56 Å². The number of aromatic nitrogens is 4. The van der Waals surface area contributed by atoms with Gasteiger partial charge in [0.2, 0.25) is 5.91 Å². The van der Waals surface area contributed by atoms with Crippen LogP contribution in [0.15, 0.2) is 54.9 Å². The molecule has 1 amide bonds. The second-order valence-corrected chi connectivity index (χ2v) is 5.29. The molecule has 0 aliphatic heterocycles. The molecule has 0 radical (unpaired) electrons. The number of hydrogen-bond acceptors (Lipinski definition) is 5. The Morgan fingerprint density at radius 1 is 1.20 bits per heavy atom. The lowest BCUT2D eigenvalue weighted by molar-refractivity contribution is -0.121. The molecule has 8 heteroatoms. The van der Waals surface area contributed by atoms with Gasteiger partial charge in [0.25, 0.3) is 0 Å². The van der Waals surface area contributed by atoms with Gasteiger partial charge in [-0.25, -0.2) is 9.07 Å². The van der Waals surface area contributed by atoms with Gasteiger partial charge in [-0.2, -0.15) is 0 Å².